The van der Waals surface area contributed by atoms with Crippen molar-refractivity contribution in [2.75, 3.05) is 19.0 Å². The first kappa shape index (κ1) is 24.3. The maximum atomic E-state index is 12.6. The minimum absolute atomic E-state index is 0.168. The predicted octanol–water partition coefficient (Wildman–Crippen LogP) is 4.62. The monoisotopic (exact) mass is 503 g/mol. The number of carbonyl (C=O) groups excluding carboxylic acids is 1. The molecule has 1 aliphatic heterocycles. The molecule has 2 fully saturated rings. The number of H-pyrrole nitrogens is 1. The molecule has 3 aromatic heterocycles. The molecule has 1 spiro atoms. The van der Waals surface area contributed by atoms with E-state index in [1.807, 2.05) is 0 Å². The fourth-order valence-electron chi connectivity index (χ4n) is 4.37. The third kappa shape index (κ3) is 5.63. The first-order chi connectivity index (χ1) is 16.4. The summed E-state index contributed by atoms with van der Waals surface area (Å²) >= 11 is 6.79. The van der Waals surface area contributed by atoms with Gasteiger partial charge in [0, 0.05) is 29.6 Å². The van der Waals surface area contributed by atoms with Crippen molar-refractivity contribution < 1.29 is 14.3 Å². The Hall–Kier alpha value is -2.82. The van der Waals surface area contributed by atoms with Crippen LogP contribution in [0.4, 0.5) is 5.13 Å². The Morgan fingerprint density at radius 2 is 1.94 bits per heavy atom. The largest absolute Gasteiger partial charge is 0.494 e. The molecule has 9 nitrogen and oxygen atoms in total. The minimum atomic E-state index is -0.458. The van der Waals surface area contributed by atoms with Crippen LogP contribution < -0.4 is 14.9 Å². The lowest BCUT2D eigenvalue weighted by Gasteiger charge is -2.20. The molecule has 0 atom stereocenters. The SMILES string of the molecule is C1CCC2(C1)CCCO2.COc1cnc(Cl)cc1-c1cc(C)ncc1C(=O)Nc1n[nH]c(=O)s1. The summed E-state index contributed by atoms with van der Waals surface area (Å²) in [4.78, 5) is 31.6. The summed E-state index contributed by atoms with van der Waals surface area (Å²) in [7, 11) is 1.50. The van der Waals surface area contributed by atoms with E-state index < -0.39 is 5.91 Å². The highest BCUT2D eigenvalue weighted by atomic mass is 35.5. The summed E-state index contributed by atoms with van der Waals surface area (Å²) in [5.41, 5.74) is 2.57. The van der Waals surface area contributed by atoms with Gasteiger partial charge in [-0.05, 0) is 56.1 Å². The number of nitrogens with one attached hydrogen (secondary N) is 2. The maximum Gasteiger partial charge on any atom is 0.324 e. The van der Waals surface area contributed by atoms with E-state index in [4.69, 9.17) is 21.1 Å². The van der Waals surface area contributed by atoms with E-state index in [0.717, 1.165) is 17.9 Å². The lowest BCUT2D eigenvalue weighted by Crippen LogP contribution is -2.21. The highest BCUT2D eigenvalue weighted by Crippen LogP contribution is 2.40. The number of rotatable bonds is 4. The first-order valence-electron chi connectivity index (χ1n) is 11.1. The molecule has 1 saturated carbocycles. The van der Waals surface area contributed by atoms with Crippen molar-refractivity contribution >= 4 is 34.0 Å². The molecule has 0 aromatic carbocycles. The van der Waals surface area contributed by atoms with Crippen molar-refractivity contribution in [3.63, 3.8) is 0 Å². The van der Waals surface area contributed by atoms with Gasteiger partial charge >= 0.3 is 4.87 Å². The lowest BCUT2D eigenvalue weighted by atomic mass is 9.99. The maximum absolute atomic E-state index is 12.6. The summed E-state index contributed by atoms with van der Waals surface area (Å²) in [6, 6.07) is 3.36. The van der Waals surface area contributed by atoms with Crippen LogP contribution in [0.25, 0.3) is 11.1 Å². The lowest BCUT2D eigenvalue weighted by molar-refractivity contribution is 0.0105. The number of anilines is 1. The molecule has 3 aromatic rings. The summed E-state index contributed by atoms with van der Waals surface area (Å²) in [5, 5.41) is 8.97. The number of hydrogen-bond acceptors (Lipinski definition) is 8. The minimum Gasteiger partial charge on any atom is -0.494 e. The molecule has 0 unspecified atom stereocenters. The van der Waals surface area contributed by atoms with Gasteiger partial charge in [0.15, 0.2) is 0 Å². The molecule has 4 heterocycles. The number of hydrogen-bond donors (Lipinski definition) is 2. The van der Waals surface area contributed by atoms with Gasteiger partial charge in [-0.25, -0.2) is 10.1 Å². The Morgan fingerprint density at radius 3 is 2.59 bits per heavy atom. The molecule has 2 aliphatic rings. The molecule has 180 valence electrons. The average molecular weight is 504 g/mol. The number of amides is 1. The summed E-state index contributed by atoms with van der Waals surface area (Å²) in [6.45, 7) is 2.83. The molecular weight excluding hydrogens is 478 g/mol. The first-order valence-corrected chi connectivity index (χ1v) is 12.3. The van der Waals surface area contributed by atoms with E-state index in [1.54, 1.807) is 19.1 Å². The van der Waals surface area contributed by atoms with Gasteiger partial charge in [0.1, 0.15) is 10.9 Å². The number of aromatic nitrogens is 4. The van der Waals surface area contributed by atoms with Gasteiger partial charge in [-0.3, -0.25) is 19.9 Å². The van der Waals surface area contributed by atoms with Gasteiger partial charge in [-0.15, -0.1) is 5.10 Å². The predicted molar refractivity (Wildman–Crippen MR) is 131 cm³/mol. The van der Waals surface area contributed by atoms with E-state index in [-0.39, 0.29) is 20.7 Å². The standard InChI is InChI=1S/C15H12ClN5O3S.C8H14O/c1-7-3-8(9-4-12(16)18-6-11(9)24-2)10(5-17-7)13(22)19-14-20-21-15(23)25-14;1-2-5-8(4-1)6-3-7-9-8/h3-6H,1-2H3,(H,21,23)(H,19,20,22);1-7H2. The molecule has 34 heavy (non-hydrogen) atoms. The normalized spacial score (nSPS) is 16.2. The second-order valence-corrected chi connectivity index (χ2v) is 9.64. The smallest absolute Gasteiger partial charge is 0.324 e. The van der Waals surface area contributed by atoms with Crippen molar-refractivity contribution in [1.82, 2.24) is 20.2 Å². The van der Waals surface area contributed by atoms with Crippen LogP contribution in [-0.4, -0.2) is 45.4 Å². The van der Waals surface area contributed by atoms with E-state index >= 15 is 0 Å². The van der Waals surface area contributed by atoms with Gasteiger partial charge in [0.2, 0.25) is 5.13 Å². The van der Waals surface area contributed by atoms with Crippen LogP contribution in [0.1, 0.15) is 54.6 Å². The number of nitrogens with zero attached hydrogens (tertiary/aromatic N) is 3. The zero-order valence-electron chi connectivity index (χ0n) is 19.0. The highest BCUT2D eigenvalue weighted by Gasteiger charge is 2.37. The van der Waals surface area contributed by atoms with Gasteiger partial charge in [0.25, 0.3) is 5.91 Å². The average Bonchev–Trinajstić information content (AvgIpc) is 3.58. The zero-order chi connectivity index (χ0) is 24.1. The molecule has 1 aliphatic carbocycles. The number of pyridine rings is 2. The molecule has 0 radical (unpaired) electrons. The van der Waals surface area contributed by atoms with Gasteiger partial charge in [-0.1, -0.05) is 24.4 Å². The molecular formula is C23H26ClN5O4S. The number of aryl methyl sites for hydroxylation is 1. The van der Waals surface area contributed by atoms with Crippen LogP contribution in [0.2, 0.25) is 5.15 Å². The zero-order valence-corrected chi connectivity index (χ0v) is 20.6. The van der Waals surface area contributed by atoms with Gasteiger partial charge in [-0.2, -0.15) is 0 Å². The summed E-state index contributed by atoms with van der Waals surface area (Å²) in [5.74, 6) is 0.00807. The van der Waals surface area contributed by atoms with Crippen LogP contribution in [0.5, 0.6) is 5.75 Å². The van der Waals surface area contributed by atoms with E-state index in [1.165, 1.54) is 58.0 Å². The Labute approximate surface area is 205 Å². The van der Waals surface area contributed by atoms with Crippen LogP contribution >= 0.6 is 22.9 Å². The van der Waals surface area contributed by atoms with Crippen LogP contribution in [-0.2, 0) is 4.74 Å². The Bertz CT molecular complexity index is 1200. The van der Waals surface area contributed by atoms with Gasteiger partial charge in [0.05, 0.1) is 24.5 Å². The Balaban J connectivity index is 0.000000252. The van der Waals surface area contributed by atoms with Crippen LogP contribution in [0.15, 0.2) is 29.3 Å². The number of ether oxygens (including phenoxy) is 2. The number of aromatic amines is 1. The third-order valence-corrected chi connectivity index (χ3v) is 6.86. The molecule has 2 N–H and O–H groups in total. The second-order valence-electron chi connectivity index (χ2n) is 8.29. The quantitative estimate of drug-likeness (QED) is 0.498. The van der Waals surface area contributed by atoms with Crippen molar-refractivity contribution in [1.29, 1.82) is 0 Å². The Kier molecular flexibility index (Phi) is 7.60. The van der Waals surface area contributed by atoms with E-state index in [2.05, 4.69) is 25.5 Å². The molecule has 1 amide bonds. The summed E-state index contributed by atoms with van der Waals surface area (Å²) in [6.07, 6.45) is 11.1. The molecule has 1 saturated heterocycles. The molecule has 11 heteroatoms. The molecule has 5 rings (SSSR count). The van der Waals surface area contributed by atoms with Crippen LogP contribution in [0.3, 0.4) is 0 Å². The number of halogens is 1. The van der Waals surface area contributed by atoms with Crippen molar-refractivity contribution in [2.24, 2.45) is 0 Å². The molecule has 0 bridgehead atoms. The summed E-state index contributed by atoms with van der Waals surface area (Å²) < 4.78 is 11.0. The van der Waals surface area contributed by atoms with Crippen molar-refractivity contribution in [2.45, 2.75) is 51.0 Å². The Morgan fingerprint density at radius 1 is 1.18 bits per heavy atom. The van der Waals surface area contributed by atoms with Crippen LogP contribution in [0, 0.1) is 6.92 Å². The fraction of sp³-hybridized carbons (Fsp3) is 0.435. The third-order valence-electron chi connectivity index (χ3n) is 5.99. The van der Waals surface area contributed by atoms with Crippen molar-refractivity contribution in [3.05, 3.63) is 50.6 Å². The second kappa shape index (κ2) is 10.6. The number of methoxy groups -OCH3 is 1. The highest BCUT2D eigenvalue weighted by molar-refractivity contribution is 7.13. The van der Waals surface area contributed by atoms with Gasteiger partial charge < -0.3 is 9.47 Å². The fourth-order valence-corrected chi connectivity index (χ4v) is 5.03. The van der Waals surface area contributed by atoms with Crippen molar-refractivity contribution in [3.8, 4) is 16.9 Å². The van der Waals surface area contributed by atoms with E-state index in [9.17, 15) is 9.59 Å². The van der Waals surface area contributed by atoms with E-state index in [0.29, 0.717) is 28.2 Å². The topological polar surface area (TPSA) is 119 Å². The number of carbonyl (C=O) groups is 1.